The molecule has 0 aliphatic carbocycles. The van der Waals surface area contributed by atoms with Gasteiger partial charge in [-0.1, -0.05) is 30.3 Å². The zero-order valence-corrected chi connectivity index (χ0v) is 10.6. The minimum atomic E-state index is -0.191. The van der Waals surface area contributed by atoms with E-state index in [4.69, 9.17) is 0 Å². The van der Waals surface area contributed by atoms with E-state index in [1.54, 1.807) is 42.6 Å². The van der Waals surface area contributed by atoms with Gasteiger partial charge in [-0.25, -0.2) is 4.99 Å². The van der Waals surface area contributed by atoms with Crippen LogP contribution in [0.1, 0.15) is 16.1 Å². The van der Waals surface area contributed by atoms with Crippen molar-refractivity contribution < 1.29 is 9.90 Å². The summed E-state index contributed by atoms with van der Waals surface area (Å²) in [5, 5.41) is 10.1. The first kappa shape index (κ1) is 12.2. The van der Waals surface area contributed by atoms with Crippen LogP contribution in [0.15, 0.2) is 65.8 Å². The third-order valence-electron chi connectivity index (χ3n) is 3.00. The van der Waals surface area contributed by atoms with Gasteiger partial charge < -0.3 is 10.1 Å². The fourth-order valence-corrected chi connectivity index (χ4v) is 2.04. The molecule has 1 aliphatic heterocycles. The highest BCUT2D eigenvalue weighted by molar-refractivity contribution is 6.54. The number of aliphatic imine (C=N–C) groups is 1. The average Bonchev–Trinajstić information content (AvgIpc) is 2.83. The van der Waals surface area contributed by atoms with Crippen LogP contribution in [0.4, 0.5) is 5.69 Å². The van der Waals surface area contributed by atoms with Crippen LogP contribution in [0.5, 0.6) is 5.75 Å². The van der Waals surface area contributed by atoms with Crippen LogP contribution in [0, 0.1) is 0 Å². The van der Waals surface area contributed by atoms with E-state index in [0.29, 0.717) is 16.9 Å². The third kappa shape index (κ3) is 2.07. The van der Waals surface area contributed by atoms with Crippen LogP contribution in [0.2, 0.25) is 0 Å². The molecule has 0 spiro atoms. The SMILES string of the molecule is O=C1C(c2[nH]ccccccc2O)=Nc2ccccc21. The van der Waals surface area contributed by atoms with Crippen molar-refractivity contribution in [1.29, 1.82) is 0 Å². The third-order valence-corrected chi connectivity index (χ3v) is 3.00. The van der Waals surface area contributed by atoms with Crippen molar-refractivity contribution in [3.63, 3.8) is 0 Å². The first-order valence-electron chi connectivity index (χ1n) is 6.20. The Labute approximate surface area is 115 Å². The molecule has 1 aliphatic rings. The molecule has 0 unspecified atom stereocenters. The molecule has 0 bridgehead atoms. The number of carbonyl (C=O) groups excluding carboxylic acids is 1. The molecule has 2 heterocycles. The van der Waals surface area contributed by atoms with E-state index in [1.807, 2.05) is 12.1 Å². The van der Waals surface area contributed by atoms with Gasteiger partial charge in [0.1, 0.15) is 17.2 Å². The van der Waals surface area contributed by atoms with Crippen molar-refractivity contribution in [3.8, 4) is 5.75 Å². The second-order valence-electron chi connectivity index (χ2n) is 4.31. The van der Waals surface area contributed by atoms with Gasteiger partial charge in [0.05, 0.1) is 5.69 Å². The summed E-state index contributed by atoms with van der Waals surface area (Å²) >= 11 is 0. The molecular weight excluding hydrogens is 252 g/mol. The van der Waals surface area contributed by atoms with E-state index in [0.717, 1.165) is 0 Å². The minimum Gasteiger partial charge on any atom is -0.506 e. The molecule has 0 fully saturated rings. The molecule has 20 heavy (non-hydrogen) atoms. The lowest BCUT2D eigenvalue weighted by Crippen LogP contribution is -2.12. The largest absolute Gasteiger partial charge is 0.506 e. The Hall–Kier alpha value is -2.88. The Morgan fingerprint density at radius 1 is 0.950 bits per heavy atom. The van der Waals surface area contributed by atoms with Gasteiger partial charge in [-0.2, -0.15) is 0 Å². The van der Waals surface area contributed by atoms with Crippen molar-refractivity contribution in [2.24, 2.45) is 4.99 Å². The molecule has 0 atom stereocenters. The van der Waals surface area contributed by atoms with Crippen LogP contribution in [0.25, 0.3) is 0 Å². The maximum atomic E-state index is 12.3. The van der Waals surface area contributed by atoms with Gasteiger partial charge in [0.2, 0.25) is 5.78 Å². The van der Waals surface area contributed by atoms with E-state index in [-0.39, 0.29) is 17.2 Å². The Morgan fingerprint density at radius 3 is 2.55 bits per heavy atom. The summed E-state index contributed by atoms with van der Waals surface area (Å²) in [5.74, 6) is -0.218. The normalized spacial score (nSPS) is 12.6. The highest BCUT2D eigenvalue weighted by Gasteiger charge is 2.27. The molecule has 2 aromatic rings. The summed E-state index contributed by atoms with van der Waals surface area (Å²) in [6, 6.07) is 15.7. The number of nitrogens with one attached hydrogen (secondary N) is 1. The number of aromatic hydroxyl groups is 1. The first-order chi connectivity index (χ1) is 9.77. The molecule has 0 amide bonds. The van der Waals surface area contributed by atoms with Gasteiger partial charge in [0.15, 0.2) is 0 Å². The van der Waals surface area contributed by atoms with Crippen LogP contribution in [-0.2, 0) is 0 Å². The molecule has 3 rings (SSSR count). The van der Waals surface area contributed by atoms with E-state index < -0.39 is 0 Å². The van der Waals surface area contributed by atoms with Crippen molar-refractivity contribution in [3.05, 3.63) is 72.1 Å². The fourth-order valence-electron chi connectivity index (χ4n) is 2.04. The average molecular weight is 264 g/mol. The molecule has 98 valence electrons. The lowest BCUT2D eigenvalue weighted by Gasteiger charge is -2.00. The molecule has 0 radical (unpaired) electrons. The van der Waals surface area contributed by atoms with E-state index in [1.165, 1.54) is 6.07 Å². The van der Waals surface area contributed by atoms with Crippen molar-refractivity contribution in [1.82, 2.24) is 4.98 Å². The lowest BCUT2D eigenvalue weighted by molar-refractivity contribution is 0.106. The molecular formula is C16H12N2O2. The predicted octanol–water partition coefficient (Wildman–Crippen LogP) is 3.16. The van der Waals surface area contributed by atoms with Gasteiger partial charge in [-0.05, 0) is 24.3 Å². The number of ketones is 1. The number of H-pyrrole nitrogens is 1. The predicted molar refractivity (Wildman–Crippen MR) is 77.1 cm³/mol. The maximum absolute atomic E-state index is 12.3. The Bertz CT molecular complexity index is 758. The quantitative estimate of drug-likeness (QED) is 0.830. The lowest BCUT2D eigenvalue weighted by atomic mass is 10.1. The first-order valence-corrected chi connectivity index (χ1v) is 6.20. The number of aromatic amines is 1. The molecule has 0 saturated carbocycles. The molecule has 4 nitrogen and oxygen atoms in total. The van der Waals surface area contributed by atoms with Crippen LogP contribution in [-0.4, -0.2) is 21.6 Å². The number of Topliss-reactive ketones (excluding diaryl/α,β-unsaturated/α-hetero) is 1. The van der Waals surface area contributed by atoms with Crippen molar-refractivity contribution in [2.45, 2.75) is 0 Å². The zero-order valence-electron chi connectivity index (χ0n) is 10.6. The second kappa shape index (κ2) is 5.01. The Morgan fingerprint density at radius 2 is 1.70 bits per heavy atom. The number of nitrogens with zero attached hydrogens (tertiary/aromatic N) is 1. The highest BCUT2D eigenvalue weighted by Crippen LogP contribution is 2.29. The summed E-state index contributed by atoms with van der Waals surface area (Å²) in [4.78, 5) is 19.6. The molecule has 0 saturated heterocycles. The standard InChI is InChI=1S/C16H12N2O2/c19-13-9-3-1-2-6-10-17-14(13)15-16(20)11-7-4-5-8-12(11)18-15/h1-10,17,19H. The topological polar surface area (TPSA) is 65.5 Å². The van der Waals surface area contributed by atoms with Gasteiger partial charge in [-0.15, -0.1) is 0 Å². The molecule has 1 aromatic heterocycles. The summed E-state index contributed by atoms with van der Waals surface area (Å²) in [6.45, 7) is 0. The van der Waals surface area contributed by atoms with Crippen LogP contribution in [0.3, 0.4) is 0 Å². The Balaban J connectivity index is 2.18. The summed E-state index contributed by atoms with van der Waals surface area (Å²) in [6.07, 6.45) is 1.65. The molecule has 2 N–H and O–H groups in total. The monoisotopic (exact) mass is 264 g/mol. The van der Waals surface area contributed by atoms with Gasteiger partial charge >= 0.3 is 0 Å². The van der Waals surface area contributed by atoms with E-state index in [2.05, 4.69) is 9.98 Å². The number of hydrogen-bond donors (Lipinski definition) is 2. The molecule has 4 heteroatoms. The highest BCUT2D eigenvalue weighted by atomic mass is 16.3. The number of aromatic nitrogens is 1. The van der Waals surface area contributed by atoms with Crippen molar-refractivity contribution >= 4 is 17.2 Å². The number of hydrogen-bond acceptors (Lipinski definition) is 3. The number of fused-ring (bicyclic) bond motifs is 1. The summed E-state index contributed by atoms with van der Waals surface area (Å²) in [7, 11) is 0. The van der Waals surface area contributed by atoms with E-state index in [9.17, 15) is 9.90 Å². The van der Waals surface area contributed by atoms with Gasteiger partial charge in [0, 0.05) is 11.8 Å². The second-order valence-corrected chi connectivity index (χ2v) is 4.31. The molecule has 1 aromatic carbocycles. The minimum absolute atomic E-state index is 0.0268. The van der Waals surface area contributed by atoms with Gasteiger partial charge in [0.25, 0.3) is 0 Å². The maximum Gasteiger partial charge on any atom is 0.215 e. The Kier molecular flexibility index (Phi) is 3.05. The number of para-hydroxylation sites is 1. The summed E-state index contributed by atoms with van der Waals surface area (Å²) < 4.78 is 0. The van der Waals surface area contributed by atoms with E-state index >= 15 is 0 Å². The van der Waals surface area contributed by atoms with Gasteiger partial charge in [-0.3, -0.25) is 4.79 Å². The fraction of sp³-hybridized carbons (Fsp3) is 0. The number of benzene rings is 1. The van der Waals surface area contributed by atoms with Crippen LogP contribution < -0.4 is 0 Å². The number of rotatable bonds is 1. The van der Waals surface area contributed by atoms with Crippen LogP contribution >= 0.6 is 0 Å². The smallest absolute Gasteiger partial charge is 0.215 e. The zero-order chi connectivity index (χ0) is 13.9. The summed E-state index contributed by atoms with van der Waals surface area (Å²) in [5.41, 5.74) is 1.71. The number of carbonyl (C=O) groups is 1. The van der Waals surface area contributed by atoms with Crippen molar-refractivity contribution in [2.75, 3.05) is 0 Å².